The normalized spacial score (nSPS) is 14.2. The number of carbonyl (C=O) groups excluding carboxylic acids is 1. The lowest BCUT2D eigenvalue weighted by Crippen LogP contribution is -2.21. The van der Waals surface area contributed by atoms with Gasteiger partial charge in [0.15, 0.2) is 0 Å². The molecular weight excluding hydrogens is 286 g/mol. The van der Waals surface area contributed by atoms with Gasteiger partial charge in [-0.05, 0) is 31.0 Å². The molecular formula is C16H16ClN3O. The highest BCUT2D eigenvalue weighted by molar-refractivity contribution is 6.34. The maximum absolute atomic E-state index is 12.4. The second-order valence-corrected chi connectivity index (χ2v) is 5.43. The number of hydrogen-bond donors (Lipinski definition) is 1. The van der Waals surface area contributed by atoms with E-state index in [1.54, 1.807) is 12.3 Å². The van der Waals surface area contributed by atoms with Gasteiger partial charge in [0.05, 0.1) is 22.0 Å². The molecule has 1 amide bonds. The van der Waals surface area contributed by atoms with Gasteiger partial charge in [0.1, 0.15) is 0 Å². The van der Waals surface area contributed by atoms with E-state index in [9.17, 15) is 4.79 Å². The fourth-order valence-electron chi connectivity index (χ4n) is 2.56. The summed E-state index contributed by atoms with van der Waals surface area (Å²) in [6, 6.07) is 9.48. The number of pyridine rings is 1. The van der Waals surface area contributed by atoms with Crippen LogP contribution in [0.4, 0.5) is 11.4 Å². The van der Waals surface area contributed by atoms with Gasteiger partial charge in [0.2, 0.25) is 0 Å². The van der Waals surface area contributed by atoms with Gasteiger partial charge < -0.3 is 10.2 Å². The fourth-order valence-corrected chi connectivity index (χ4v) is 2.77. The monoisotopic (exact) mass is 301 g/mol. The summed E-state index contributed by atoms with van der Waals surface area (Å²) in [4.78, 5) is 18.6. The molecule has 2 heterocycles. The predicted octanol–water partition coefficient (Wildman–Crippen LogP) is 3.59. The summed E-state index contributed by atoms with van der Waals surface area (Å²) in [5.74, 6) is -0.214. The average Bonchev–Trinajstić information content (AvgIpc) is 3.02. The molecule has 1 aromatic carbocycles. The zero-order valence-corrected chi connectivity index (χ0v) is 12.3. The Balaban J connectivity index is 1.85. The van der Waals surface area contributed by atoms with Crippen LogP contribution in [0.1, 0.15) is 23.2 Å². The highest BCUT2D eigenvalue weighted by atomic mass is 35.5. The quantitative estimate of drug-likeness (QED) is 0.942. The fraction of sp³-hybridized carbons (Fsp3) is 0.250. The van der Waals surface area contributed by atoms with Crippen molar-refractivity contribution < 1.29 is 4.79 Å². The first-order chi connectivity index (χ1) is 10.3. The summed E-state index contributed by atoms with van der Waals surface area (Å²) in [6.07, 6.45) is 5.42. The van der Waals surface area contributed by atoms with Gasteiger partial charge in [0.25, 0.3) is 5.91 Å². The van der Waals surface area contributed by atoms with E-state index in [-0.39, 0.29) is 5.91 Å². The summed E-state index contributed by atoms with van der Waals surface area (Å²) in [6.45, 7) is 2.06. The van der Waals surface area contributed by atoms with E-state index < -0.39 is 0 Å². The van der Waals surface area contributed by atoms with Gasteiger partial charge in [-0.1, -0.05) is 23.7 Å². The summed E-state index contributed by atoms with van der Waals surface area (Å²) >= 11 is 6.02. The maximum Gasteiger partial charge on any atom is 0.257 e. The molecule has 0 radical (unpaired) electrons. The number of para-hydroxylation sites is 2. The number of nitrogens with one attached hydrogen (secondary N) is 1. The number of anilines is 2. The molecule has 1 aliphatic heterocycles. The summed E-state index contributed by atoms with van der Waals surface area (Å²) in [5.41, 5.74) is 2.31. The van der Waals surface area contributed by atoms with Crippen molar-refractivity contribution in [2.24, 2.45) is 0 Å². The van der Waals surface area contributed by atoms with Crippen LogP contribution in [0.5, 0.6) is 0 Å². The number of carbonyl (C=O) groups is 1. The topological polar surface area (TPSA) is 45.2 Å². The summed E-state index contributed by atoms with van der Waals surface area (Å²) < 4.78 is 0. The molecule has 1 N–H and O–H groups in total. The average molecular weight is 302 g/mol. The molecule has 0 atom stereocenters. The first-order valence-electron chi connectivity index (χ1n) is 7.00. The number of aromatic nitrogens is 1. The highest BCUT2D eigenvalue weighted by Crippen LogP contribution is 2.29. The molecule has 0 unspecified atom stereocenters. The van der Waals surface area contributed by atoms with Gasteiger partial charge in [-0.25, -0.2) is 0 Å². The first kappa shape index (κ1) is 13.9. The third-order valence-corrected chi connectivity index (χ3v) is 3.92. The number of nitrogens with zero attached hydrogens (tertiary/aromatic N) is 2. The van der Waals surface area contributed by atoms with Crippen molar-refractivity contribution in [3.05, 3.63) is 53.3 Å². The van der Waals surface area contributed by atoms with Crippen molar-refractivity contribution in [2.45, 2.75) is 12.8 Å². The Morgan fingerprint density at radius 1 is 1.19 bits per heavy atom. The largest absolute Gasteiger partial charge is 0.370 e. The minimum absolute atomic E-state index is 0.214. The third-order valence-electron chi connectivity index (χ3n) is 3.62. The maximum atomic E-state index is 12.4. The van der Waals surface area contributed by atoms with Crippen molar-refractivity contribution in [2.75, 3.05) is 23.3 Å². The minimum atomic E-state index is -0.214. The number of halogens is 1. The molecule has 3 rings (SSSR count). The van der Waals surface area contributed by atoms with Crippen molar-refractivity contribution in [3.63, 3.8) is 0 Å². The molecule has 4 nitrogen and oxygen atoms in total. The first-order valence-corrected chi connectivity index (χ1v) is 7.38. The van der Waals surface area contributed by atoms with Gasteiger partial charge >= 0.3 is 0 Å². The molecule has 0 bridgehead atoms. The summed E-state index contributed by atoms with van der Waals surface area (Å²) in [5, 5.41) is 3.31. The van der Waals surface area contributed by atoms with Gasteiger partial charge in [-0.15, -0.1) is 0 Å². The molecule has 21 heavy (non-hydrogen) atoms. The molecule has 1 saturated heterocycles. The van der Waals surface area contributed by atoms with Crippen LogP contribution in [0, 0.1) is 0 Å². The molecule has 0 aliphatic carbocycles. The Morgan fingerprint density at radius 2 is 1.95 bits per heavy atom. The molecule has 2 aromatic rings. The molecule has 1 aliphatic rings. The Morgan fingerprint density at radius 3 is 2.71 bits per heavy atom. The lowest BCUT2D eigenvalue weighted by Gasteiger charge is -2.21. The van der Waals surface area contributed by atoms with Crippen LogP contribution >= 0.6 is 11.6 Å². The Kier molecular flexibility index (Phi) is 4.06. The van der Waals surface area contributed by atoms with Crippen molar-refractivity contribution in [1.82, 2.24) is 4.98 Å². The number of rotatable bonds is 3. The lowest BCUT2D eigenvalue weighted by molar-refractivity contribution is 0.102. The van der Waals surface area contributed by atoms with Crippen LogP contribution in [0.3, 0.4) is 0 Å². The van der Waals surface area contributed by atoms with Crippen LogP contribution in [0.2, 0.25) is 5.02 Å². The van der Waals surface area contributed by atoms with Crippen LogP contribution in [-0.2, 0) is 0 Å². The van der Waals surface area contributed by atoms with Crippen LogP contribution < -0.4 is 10.2 Å². The molecule has 1 fully saturated rings. The van der Waals surface area contributed by atoms with E-state index in [0.717, 1.165) is 24.5 Å². The highest BCUT2D eigenvalue weighted by Gasteiger charge is 2.17. The molecule has 108 valence electrons. The van der Waals surface area contributed by atoms with Gasteiger partial charge in [-0.3, -0.25) is 9.78 Å². The lowest BCUT2D eigenvalue weighted by atomic mass is 10.2. The van der Waals surface area contributed by atoms with Crippen LogP contribution in [-0.4, -0.2) is 24.0 Å². The molecule has 1 aromatic heterocycles. The SMILES string of the molecule is O=C(Nc1ccccc1N1CCCC1)c1ccncc1Cl. The van der Waals surface area contributed by atoms with E-state index in [0.29, 0.717) is 10.6 Å². The minimum Gasteiger partial charge on any atom is -0.370 e. The molecule has 0 saturated carbocycles. The van der Waals surface area contributed by atoms with Crippen molar-refractivity contribution >= 4 is 28.9 Å². The van der Waals surface area contributed by atoms with Gasteiger partial charge in [-0.2, -0.15) is 0 Å². The van der Waals surface area contributed by atoms with Crippen molar-refractivity contribution in [3.8, 4) is 0 Å². The standard InChI is InChI=1S/C16H16ClN3O/c17-13-11-18-8-7-12(13)16(21)19-14-5-1-2-6-15(14)20-9-3-4-10-20/h1-2,5-8,11H,3-4,9-10H2,(H,19,21). The van der Waals surface area contributed by atoms with E-state index in [1.165, 1.54) is 19.0 Å². The van der Waals surface area contributed by atoms with Gasteiger partial charge in [0, 0.05) is 25.5 Å². The third kappa shape index (κ3) is 3.00. The van der Waals surface area contributed by atoms with E-state index in [2.05, 4.69) is 15.2 Å². The van der Waals surface area contributed by atoms with E-state index in [1.807, 2.05) is 24.3 Å². The van der Waals surface area contributed by atoms with Crippen molar-refractivity contribution in [1.29, 1.82) is 0 Å². The van der Waals surface area contributed by atoms with E-state index in [4.69, 9.17) is 11.6 Å². The Bertz CT molecular complexity index is 653. The molecule has 5 heteroatoms. The number of amides is 1. The zero-order chi connectivity index (χ0) is 14.7. The van der Waals surface area contributed by atoms with E-state index >= 15 is 0 Å². The number of benzene rings is 1. The Labute approximate surface area is 128 Å². The van der Waals surface area contributed by atoms with Crippen LogP contribution in [0.25, 0.3) is 0 Å². The zero-order valence-electron chi connectivity index (χ0n) is 11.6. The second kappa shape index (κ2) is 6.14. The van der Waals surface area contributed by atoms with Crippen LogP contribution in [0.15, 0.2) is 42.7 Å². The molecule has 0 spiro atoms. The number of hydrogen-bond acceptors (Lipinski definition) is 3. The summed E-state index contributed by atoms with van der Waals surface area (Å²) in [7, 11) is 0. The second-order valence-electron chi connectivity index (χ2n) is 5.02. The smallest absolute Gasteiger partial charge is 0.257 e. The predicted molar refractivity (Wildman–Crippen MR) is 85.1 cm³/mol. The Hall–Kier alpha value is -2.07.